The summed E-state index contributed by atoms with van der Waals surface area (Å²) in [5.74, 6) is -0.203. The largest absolute Gasteiger partial charge is 0.492 e. The number of carbonyl (C=O) groups is 1. The molecule has 2 aromatic carbocycles. The number of fused-ring (bicyclic) bond motifs is 1. The lowest BCUT2D eigenvalue weighted by atomic mass is 10.2. The summed E-state index contributed by atoms with van der Waals surface area (Å²) in [7, 11) is -2.80. The second kappa shape index (κ2) is 9.09. The van der Waals surface area contributed by atoms with Gasteiger partial charge in [0.05, 0.1) is 30.7 Å². The first kappa shape index (κ1) is 21.4. The van der Waals surface area contributed by atoms with Gasteiger partial charge in [0.1, 0.15) is 18.1 Å². The van der Waals surface area contributed by atoms with Gasteiger partial charge in [0, 0.05) is 31.1 Å². The average Bonchev–Trinajstić information content (AvgIpc) is 3.19. The van der Waals surface area contributed by atoms with Gasteiger partial charge in [-0.15, -0.1) is 0 Å². The number of carbonyl (C=O) groups excluding carboxylic acids is 1. The quantitative estimate of drug-likeness (QED) is 0.517. The van der Waals surface area contributed by atoms with Crippen molar-refractivity contribution in [1.29, 1.82) is 0 Å². The SMILES string of the molecule is COC(=O)c1cc2ccc(OCCN3CCOCC3)cc2n1S(=O)(=O)c1ccccc1. The van der Waals surface area contributed by atoms with E-state index < -0.39 is 16.0 Å². The van der Waals surface area contributed by atoms with E-state index in [-0.39, 0.29) is 10.6 Å². The lowest BCUT2D eigenvalue weighted by Crippen LogP contribution is -2.38. The van der Waals surface area contributed by atoms with Crippen molar-refractivity contribution in [3.63, 3.8) is 0 Å². The lowest BCUT2D eigenvalue weighted by Gasteiger charge is -2.26. The Kier molecular flexibility index (Phi) is 6.26. The van der Waals surface area contributed by atoms with Gasteiger partial charge in [-0.25, -0.2) is 17.2 Å². The van der Waals surface area contributed by atoms with Crippen molar-refractivity contribution in [3.8, 4) is 5.75 Å². The Labute approximate surface area is 181 Å². The molecule has 2 heterocycles. The van der Waals surface area contributed by atoms with Gasteiger partial charge < -0.3 is 14.2 Å². The number of morpholine rings is 1. The number of ether oxygens (including phenoxy) is 3. The molecule has 8 nitrogen and oxygen atoms in total. The van der Waals surface area contributed by atoms with Crippen molar-refractivity contribution < 1.29 is 27.4 Å². The summed E-state index contributed by atoms with van der Waals surface area (Å²) in [5.41, 5.74) is 0.292. The smallest absolute Gasteiger partial charge is 0.355 e. The van der Waals surface area contributed by atoms with Crippen LogP contribution in [0.3, 0.4) is 0 Å². The molecule has 0 saturated carbocycles. The maximum atomic E-state index is 13.4. The number of aromatic nitrogens is 1. The van der Waals surface area contributed by atoms with Crippen LogP contribution in [-0.2, 0) is 19.5 Å². The van der Waals surface area contributed by atoms with Crippen molar-refractivity contribution in [3.05, 3.63) is 60.3 Å². The Morgan fingerprint density at radius 2 is 1.81 bits per heavy atom. The topological polar surface area (TPSA) is 87.1 Å². The molecule has 1 aromatic heterocycles. The predicted octanol–water partition coefficient (Wildman–Crippen LogP) is 2.38. The molecule has 0 unspecified atom stereocenters. The van der Waals surface area contributed by atoms with E-state index in [0.29, 0.717) is 36.5 Å². The minimum absolute atomic E-state index is 0.0631. The molecule has 1 fully saturated rings. The average molecular weight is 445 g/mol. The third-order valence-electron chi connectivity index (χ3n) is 5.19. The number of nitrogens with zero attached hydrogens (tertiary/aromatic N) is 2. The highest BCUT2D eigenvalue weighted by Gasteiger charge is 2.27. The molecule has 0 spiro atoms. The molecule has 0 aliphatic carbocycles. The fraction of sp³-hybridized carbons (Fsp3) is 0.318. The van der Waals surface area contributed by atoms with E-state index in [1.165, 1.54) is 25.3 Å². The highest BCUT2D eigenvalue weighted by Crippen LogP contribution is 2.29. The highest BCUT2D eigenvalue weighted by molar-refractivity contribution is 7.90. The van der Waals surface area contributed by atoms with Crippen LogP contribution < -0.4 is 4.74 Å². The molecule has 1 aliphatic heterocycles. The molecule has 31 heavy (non-hydrogen) atoms. The molecule has 4 rings (SSSR count). The Balaban J connectivity index is 1.69. The van der Waals surface area contributed by atoms with E-state index >= 15 is 0 Å². The van der Waals surface area contributed by atoms with Gasteiger partial charge in [0.2, 0.25) is 0 Å². The summed E-state index contributed by atoms with van der Waals surface area (Å²) in [5, 5.41) is 0.598. The Hall–Kier alpha value is -2.88. The minimum Gasteiger partial charge on any atom is -0.492 e. The maximum Gasteiger partial charge on any atom is 0.355 e. The van der Waals surface area contributed by atoms with Crippen LogP contribution in [0.1, 0.15) is 10.5 Å². The second-order valence-electron chi connectivity index (χ2n) is 7.13. The van der Waals surface area contributed by atoms with Crippen LogP contribution in [0, 0.1) is 0 Å². The molecule has 9 heteroatoms. The summed E-state index contributed by atoms with van der Waals surface area (Å²) in [4.78, 5) is 14.7. The normalized spacial score (nSPS) is 15.1. The minimum atomic E-state index is -4.02. The number of esters is 1. The van der Waals surface area contributed by atoms with Gasteiger partial charge >= 0.3 is 5.97 Å². The van der Waals surface area contributed by atoms with Gasteiger partial charge in [0.15, 0.2) is 0 Å². The molecule has 3 aromatic rings. The van der Waals surface area contributed by atoms with E-state index in [0.717, 1.165) is 23.6 Å². The summed E-state index contributed by atoms with van der Waals surface area (Å²) in [6, 6.07) is 14.6. The predicted molar refractivity (Wildman–Crippen MR) is 115 cm³/mol. The molecule has 0 N–H and O–H groups in total. The van der Waals surface area contributed by atoms with Crippen LogP contribution >= 0.6 is 0 Å². The van der Waals surface area contributed by atoms with Crippen LogP contribution in [0.5, 0.6) is 5.75 Å². The van der Waals surface area contributed by atoms with Crippen molar-refractivity contribution in [1.82, 2.24) is 8.87 Å². The fourth-order valence-electron chi connectivity index (χ4n) is 3.57. The fourth-order valence-corrected chi connectivity index (χ4v) is 5.08. The Bertz CT molecular complexity index is 1170. The van der Waals surface area contributed by atoms with Gasteiger partial charge in [-0.2, -0.15) is 0 Å². The van der Waals surface area contributed by atoms with Crippen LogP contribution in [0.25, 0.3) is 10.9 Å². The molecule has 0 radical (unpaired) electrons. The van der Waals surface area contributed by atoms with E-state index in [1.54, 1.807) is 36.4 Å². The first-order chi connectivity index (χ1) is 15.0. The van der Waals surface area contributed by atoms with Crippen molar-refractivity contribution >= 4 is 26.9 Å². The first-order valence-electron chi connectivity index (χ1n) is 9.98. The first-order valence-corrected chi connectivity index (χ1v) is 11.4. The molecule has 1 saturated heterocycles. The van der Waals surface area contributed by atoms with E-state index in [4.69, 9.17) is 14.2 Å². The summed E-state index contributed by atoms with van der Waals surface area (Å²) in [6.45, 7) is 4.37. The van der Waals surface area contributed by atoms with Gasteiger partial charge in [-0.3, -0.25) is 4.90 Å². The number of hydrogen-bond donors (Lipinski definition) is 0. The third kappa shape index (κ3) is 4.43. The van der Waals surface area contributed by atoms with Gasteiger partial charge in [0.25, 0.3) is 10.0 Å². The van der Waals surface area contributed by atoms with Crippen LogP contribution in [0.15, 0.2) is 59.5 Å². The highest BCUT2D eigenvalue weighted by atomic mass is 32.2. The maximum absolute atomic E-state index is 13.4. The molecule has 0 atom stereocenters. The molecule has 164 valence electrons. The van der Waals surface area contributed by atoms with Crippen molar-refractivity contribution in [2.75, 3.05) is 46.6 Å². The second-order valence-corrected chi connectivity index (χ2v) is 8.91. The number of rotatable bonds is 7. The van der Waals surface area contributed by atoms with Crippen LogP contribution in [0.2, 0.25) is 0 Å². The monoisotopic (exact) mass is 444 g/mol. The van der Waals surface area contributed by atoms with Crippen LogP contribution in [-0.4, -0.2) is 69.8 Å². The van der Waals surface area contributed by atoms with E-state index in [9.17, 15) is 13.2 Å². The molecule has 0 bridgehead atoms. The van der Waals surface area contributed by atoms with Gasteiger partial charge in [-0.05, 0) is 30.3 Å². The van der Waals surface area contributed by atoms with Crippen molar-refractivity contribution in [2.45, 2.75) is 4.90 Å². The summed E-state index contributed by atoms with van der Waals surface area (Å²) >= 11 is 0. The zero-order valence-electron chi connectivity index (χ0n) is 17.2. The van der Waals surface area contributed by atoms with E-state index in [1.807, 2.05) is 0 Å². The number of hydrogen-bond acceptors (Lipinski definition) is 7. The number of benzene rings is 2. The summed E-state index contributed by atoms with van der Waals surface area (Å²) < 4.78 is 43.8. The molecule has 0 amide bonds. The van der Waals surface area contributed by atoms with Crippen LogP contribution in [0.4, 0.5) is 0 Å². The lowest BCUT2D eigenvalue weighted by molar-refractivity contribution is 0.0322. The Morgan fingerprint density at radius 3 is 2.52 bits per heavy atom. The van der Waals surface area contributed by atoms with E-state index in [2.05, 4.69) is 4.90 Å². The standard InChI is InChI=1S/C22H24N2O6S/c1-28-22(25)21-15-17-7-8-18(30-14-11-23-9-12-29-13-10-23)16-20(17)24(21)31(26,27)19-5-3-2-4-6-19/h2-8,15-16H,9-14H2,1H3. The molecular weight excluding hydrogens is 420 g/mol. The zero-order chi connectivity index (χ0) is 21.8. The zero-order valence-corrected chi connectivity index (χ0v) is 18.0. The van der Waals surface area contributed by atoms with Gasteiger partial charge in [-0.1, -0.05) is 18.2 Å². The molecular formula is C22H24N2O6S. The third-order valence-corrected chi connectivity index (χ3v) is 6.93. The summed E-state index contributed by atoms with van der Waals surface area (Å²) in [6.07, 6.45) is 0. The Morgan fingerprint density at radius 1 is 1.06 bits per heavy atom. The molecule has 1 aliphatic rings. The number of methoxy groups -OCH3 is 1. The van der Waals surface area contributed by atoms with Crippen molar-refractivity contribution in [2.24, 2.45) is 0 Å².